The molecule has 2 heteroatoms. The fourth-order valence-corrected chi connectivity index (χ4v) is 3.36. The van der Waals surface area contributed by atoms with E-state index >= 15 is 0 Å². The van der Waals surface area contributed by atoms with Crippen molar-refractivity contribution in [2.45, 2.75) is 45.7 Å². The van der Waals surface area contributed by atoms with Gasteiger partial charge in [0.2, 0.25) is 0 Å². The van der Waals surface area contributed by atoms with Crippen molar-refractivity contribution in [3.05, 3.63) is 29.3 Å². The van der Waals surface area contributed by atoms with Gasteiger partial charge in [0.25, 0.3) is 0 Å². The minimum atomic E-state index is 0.735. The molecule has 1 saturated heterocycles. The van der Waals surface area contributed by atoms with Crippen LogP contribution in [0.4, 0.5) is 5.69 Å². The summed E-state index contributed by atoms with van der Waals surface area (Å²) in [5.74, 6) is 0.853. The number of nitrogens with one attached hydrogen (secondary N) is 1. The van der Waals surface area contributed by atoms with E-state index in [1.807, 2.05) is 0 Å². The van der Waals surface area contributed by atoms with Gasteiger partial charge in [0, 0.05) is 31.4 Å². The van der Waals surface area contributed by atoms with Gasteiger partial charge in [0.05, 0.1) is 0 Å². The Morgan fingerprint density at radius 2 is 2.17 bits per heavy atom. The molecule has 0 radical (unpaired) electrons. The van der Waals surface area contributed by atoms with Crippen molar-refractivity contribution in [3.63, 3.8) is 0 Å². The van der Waals surface area contributed by atoms with Gasteiger partial charge in [-0.25, -0.2) is 0 Å². The van der Waals surface area contributed by atoms with Crippen LogP contribution in [0.3, 0.4) is 0 Å². The van der Waals surface area contributed by atoms with E-state index in [9.17, 15) is 0 Å². The molecule has 1 aromatic carbocycles. The standard InChI is InChI=1S/C16H24N2/c1-12-6-7-13(2)18(10-12)11-15-5-3-4-14-8-9-17-16(14)15/h3-5,12-13,17H,6-11H2,1-2H3. The maximum atomic E-state index is 3.56. The number of para-hydroxylation sites is 1. The van der Waals surface area contributed by atoms with Gasteiger partial charge in [-0.2, -0.15) is 0 Å². The molecule has 0 bridgehead atoms. The second-order valence-electron chi connectivity index (χ2n) is 6.09. The van der Waals surface area contributed by atoms with Crippen molar-refractivity contribution in [2.24, 2.45) is 5.92 Å². The van der Waals surface area contributed by atoms with E-state index in [4.69, 9.17) is 0 Å². The van der Waals surface area contributed by atoms with Crippen molar-refractivity contribution < 1.29 is 0 Å². The average Bonchev–Trinajstić information content (AvgIpc) is 2.83. The summed E-state index contributed by atoms with van der Waals surface area (Å²) in [4.78, 5) is 2.66. The molecule has 98 valence electrons. The molecule has 3 rings (SSSR count). The predicted molar refractivity (Wildman–Crippen MR) is 76.9 cm³/mol. The number of nitrogens with zero attached hydrogens (tertiary/aromatic N) is 1. The van der Waals surface area contributed by atoms with Crippen LogP contribution < -0.4 is 5.32 Å². The molecule has 0 aliphatic carbocycles. The van der Waals surface area contributed by atoms with Crippen LogP contribution in [0.5, 0.6) is 0 Å². The zero-order valence-corrected chi connectivity index (χ0v) is 11.6. The molecule has 1 N–H and O–H groups in total. The molecule has 2 aliphatic heterocycles. The Bertz CT molecular complexity index is 427. The molecule has 2 aliphatic rings. The number of hydrogen-bond acceptors (Lipinski definition) is 2. The highest BCUT2D eigenvalue weighted by Crippen LogP contribution is 2.30. The number of benzene rings is 1. The summed E-state index contributed by atoms with van der Waals surface area (Å²) in [6.07, 6.45) is 3.93. The Morgan fingerprint density at radius 3 is 3.06 bits per heavy atom. The third-order valence-corrected chi connectivity index (χ3v) is 4.55. The highest BCUT2D eigenvalue weighted by Gasteiger charge is 2.24. The number of hydrogen-bond donors (Lipinski definition) is 1. The molecule has 2 atom stereocenters. The summed E-state index contributed by atoms with van der Waals surface area (Å²) >= 11 is 0. The van der Waals surface area contributed by atoms with E-state index in [0.717, 1.165) is 25.0 Å². The quantitative estimate of drug-likeness (QED) is 0.859. The Hall–Kier alpha value is -1.02. The van der Waals surface area contributed by atoms with Crippen molar-refractivity contribution in [1.29, 1.82) is 0 Å². The van der Waals surface area contributed by atoms with Crippen LogP contribution >= 0.6 is 0 Å². The summed E-state index contributed by atoms with van der Waals surface area (Å²) in [7, 11) is 0. The van der Waals surface area contributed by atoms with E-state index in [2.05, 4.69) is 42.3 Å². The second kappa shape index (κ2) is 4.93. The van der Waals surface area contributed by atoms with Crippen LogP contribution in [-0.2, 0) is 13.0 Å². The zero-order chi connectivity index (χ0) is 12.5. The van der Waals surface area contributed by atoms with Crippen LogP contribution in [0.15, 0.2) is 18.2 Å². The molecular weight excluding hydrogens is 220 g/mol. The molecular formula is C16H24N2. The lowest BCUT2D eigenvalue weighted by Crippen LogP contribution is -2.40. The highest BCUT2D eigenvalue weighted by molar-refractivity contribution is 5.61. The fourth-order valence-electron chi connectivity index (χ4n) is 3.36. The predicted octanol–water partition coefficient (Wildman–Crippen LogP) is 3.28. The fraction of sp³-hybridized carbons (Fsp3) is 0.625. The van der Waals surface area contributed by atoms with Crippen molar-refractivity contribution in [2.75, 3.05) is 18.4 Å². The number of fused-ring (bicyclic) bond motifs is 1. The first-order valence-electron chi connectivity index (χ1n) is 7.32. The summed E-state index contributed by atoms with van der Waals surface area (Å²) in [5.41, 5.74) is 4.42. The van der Waals surface area contributed by atoms with Gasteiger partial charge >= 0.3 is 0 Å². The first-order chi connectivity index (χ1) is 8.74. The number of anilines is 1. The van der Waals surface area contributed by atoms with Gasteiger partial charge < -0.3 is 5.32 Å². The molecule has 0 amide bonds. The largest absolute Gasteiger partial charge is 0.384 e. The minimum Gasteiger partial charge on any atom is -0.384 e. The Balaban J connectivity index is 1.78. The molecule has 0 aromatic heterocycles. The topological polar surface area (TPSA) is 15.3 Å². The lowest BCUT2D eigenvalue weighted by molar-refractivity contribution is 0.117. The molecule has 2 nitrogen and oxygen atoms in total. The molecule has 1 aromatic rings. The van der Waals surface area contributed by atoms with E-state index in [-0.39, 0.29) is 0 Å². The van der Waals surface area contributed by atoms with Gasteiger partial charge in [-0.3, -0.25) is 4.90 Å². The molecule has 0 saturated carbocycles. The molecule has 18 heavy (non-hydrogen) atoms. The van der Waals surface area contributed by atoms with Gasteiger partial charge in [-0.15, -0.1) is 0 Å². The van der Waals surface area contributed by atoms with Crippen molar-refractivity contribution in [3.8, 4) is 0 Å². The summed E-state index contributed by atoms with van der Waals surface area (Å²) in [6.45, 7) is 8.24. The van der Waals surface area contributed by atoms with E-state index < -0.39 is 0 Å². The third-order valence-electron chi connectivity index (χ3n) is 4.55. The molecule has 1 fully saturated rings. The molecule has 2 heterocycles. The Labute approximate surface area is 110 Å². The maximum Gasteiger partial charge on any atom is 0.0419 e. The lowest BCUT2D eigenvalue weighted by atomic mass is 9.94. The number of rotatable bonds is 2. The molecule has 2 unspecified atom stereocenters. The van der Waals surface area contributed by atoms with Crippen LogP contribution in [0.25, 0.3) is 0 Å². The first-order valence-corrected chi connectivity index (χ1v) is 7.32. The van der Waals surface area contributed by atoms with Crippen LogP contribution in [0.2, 0.25) is 0 Å². The highest BCUT2D eigenvalue weighted by atomic mass is 15.2. The van der Waals surface area contributed by atoms with E-state index in [1.54, 1.807) is 0 Å². The minimum absolute atomic E-state index is 0.735. The summed E-state index contributed by atoms with van der Waals surface area (Å²) in [5, 5.41) is 3.56. The average molecular weight is 244 g/mol. The van der Waals surface area contributed by atoms with Crippen LogP contribution in [0.1, 0.15) is 37.8 Å². The first kappa shape index (κ1) is 12.0. The lowest BCUT2D eigenvalue weighted by Gasteiger charge is -2.37. The van der Waals surface area contributed by atoms with E-state index in [1.165, 1.54) is 42.6 Å². The molecule has 0 spiro atoms. The van der Waals surface area contributed by atoms with E-state index in [0.29, 0.717) is 0 Å². The summed E-state index contributed by atoms with van der Waals surface area (Å²) < 4.78 is 0. The van der Waals surface area contributed by atoms with Gasteiger partial charge in [-0.1, -0.05) is 25.1 Å². The third kappa shape index (κ3) is 2.26. The van der Waals surface area contributed by atoms with Crippen molar-refractivity contribution in [1.82, 2.24) is 4.90 Å². The zero-order valence-electron chi connectivity index (χ0n) is 11.6. The van der Waals surface area contributed by atoms with Gasteiger partial charge in [0.1, 0.15) is 0 Å². The van der Waals surface area contributed by atoms with Gasteiger partial charge in [0.15, 0.2) is 0 Å². The Kier molecular flexibility index (Phi) is 3.29. The SMILES string of the molecule is CC1CCC(C)N(Cc2cccc3c2NCC3)C1. The van der Waals surface area contributed by atoms with Crippen LogP contribution in [0, 0.1) is 5.92 Å². The normalized spacial score (nSPS) is 27.9. The smallest absolute Gasteiger partial charge is 0.0419 e. The van der Waals surface area contributed by atoms with Crippen molar-refractivity contribution >= 4 is 5.69 Å². The monoisotopic (exact) mass is 244 g/mol. The number of piperidine rings is 1. The summed E-state index contributed by atoms with van der Waals surface area (Å²) in [6, 6.07) is 7.52. The van der Waals surface area contributed by atoms with Crippen LogP contribution in [-0.4, -0.2) is 24.0 Å². The van der Waals surface area contributed by atoms with Gasteiger partial charge in [-0.05, 0) is 43.2 Å². The maximum absolute atomic E-state index is 3.56. The Morgan fingerprint density at radius 1 is 1.28 bits per heavy atom. The second-order valence-corrected chi connectivity index (χ2v) is 6.09. The number of likely N-dealkylation sites (tertiary alicyclic amines) is 1.